The molecular formula is C16H21BrN4. The number of imidazole rings is 1. The lowest BCUT2D eigenvalue weighted by Crippen LogP contribution is -2.37. The van der Waals surface area contributed by atoms with Crippen LogP contribution < -0.4 is 4.90 Å². The summed E-state index contributed by atoms with van der Waals surface area (Å²) in [5.41, 5.74) is 1.24. The van der Waals surface area contributed by atoms with Gasteiger partial charge in [0.2, 0.25) is 0 Å². The molecule has 2 aromatic heterocycles. The third-order valence-electron chi connectivity index (χ3n) is 4.27. The molecule has 1 saturated heterocycles. The Morgan fingerprint density at radius 2 is 2.24 bits per heavy atom. The average Bonchev–Trinajstić information content (AvgIpc) is 2.88. The van der Waals surface area contributed by atoms with Crippen molar-refractivity contribution in [3.8, 4) is 0 Å². The third-order valence-corrected chi connectivity index (χ3v) is 5.10. The number of anilines is 1. The number of hydrogen-bond donors (Lipinski definition) is 0. The Morgan fingerprint density at radius 1 is 1.38 bits per heavy atom. The number of halogens is 1. The van der Waals surface area contributed by atoms with E-state index < -0.39 is 0 Å². The van der Waals surface area contributed by atoms with Crippen molar-refractivity contribution in [2.24, 2.45) is 13.0 Å². The van der Waals surface area contributed by atoms with E-state index in [9.17, 15) is 0 Å². The molecule has 0 aliphatic carbocycles. The van der Waals surface area contributed by atoms with Gasteiger partial charge in [0.1, 0.15) is 11.6 Å². The van der Waals surface area contributed by atoms with Crippen LogP contribution in [0.1, 0.15) is 24.2 Å². The zero-order valence-electron chi connectivity index (χ0n) is 12.6. The normalized spacial score (nSPS) is 19.0. The van der Waals surface area contributed by atoms with Crippen LogP contribution in [0.5, 0.6) is 0 Å². The van der Waals surface area contributed by atoms with Crippen molar-refractivity contribution < 1.29 is 0 Å². The van der Waals surface area contributed by atoms with Crippen molar-refractivity contribution in [1.82, 2.24) is 14.5 Å². The SMILES string of the molecule is Cc1cc(N2CCCC(Cc3nccn3C)C2)ncc1Br. The van der Waals surface area contributed by atoms with Crippen LogP contribution in [0, 0.1) is 12.8 Å². The number of aromatic nitrogens is 3. The minimum Gasteiger partial charge on any atom is -0.356 e. The predicted octanol–water partition coefficient (Wildman–Crippen LogP) is 3.35. The Bertz CT molecular complexity index is 622. The van der Waals surface area contributed by atoms with Crippen LogP contribution in [0.4, 0.5) is 5.82 Å². The van der Waals surface area contributed by atoms with Crippen LogP contribution in [0.15, 0.2) is 29.1 Å². The first-order valence-electron chi connectivity index (χ1n) is 7.47. The zero-order valence-corrected chi connectivity index (χ0v) is 14.2. The number of pyridine rings is 1. The number of hydrogen-bond acceptors (Lipinski definition) is 3. The highest BCUT2D eigenvalue weighted by Gasteiger charge is 2.22. The summed E-state index contributed by atoms with van der Waals surface area (Å²) in [7, 11) is 2.07. The highest BCUT2D eigenvalue weighted by Crippen LogP contribution is 2.26. The number of piperidine rings is 1. The van der Waals surface area contributed by atoms with Crippen molar-refractivity contribution in [3.63, 3.8) is 0 Å². The van der Waals surface area contributed by atoms with Gasteiger partial charge >= 0.3 is 0 Å². The molecule has 0 bridgehead atoms. The Kier molecular flexibility index (Phi) is 4.29. The minimum absolute atomic E-state index is 0.658. The predicted molar refractivity (Wildman–Crippen MR) is 88.5 cm³/mol. The van der Waals surface area contributed by atoms with Gasteiger partial charge in [-0.15, -0.1) is 0 Å². The quantitative estimate of drug-likeness (QED) is 0.852. The molecule has 1 aliphatic heterocycles. The molecule has 2 aromatic rings. The van der Waals surface area contributed by atoms with Gasteiger partial charge in [-0.25, -0.2) is 9.97 Å². The van der Waals surface area contributed by atoms with Crippen LogP contribution in [-0.2, 0) is 13.5 Å². The highest BCUT2D eigenvalue weighted by molar-refractivity contribution is 9.10. The zero-order chi connectivity index (χ0) is 14.8. The maximum absolute atomic E-state index is 4.57. The van der Waals surface area contributed by atoms with Gasteiger partial charge in [-0.3, -0.25) is 0 Å². The topological polar surface area (TPSA) is 34.0 Å². The summed E-state index contributed by atoms with van der Waals surface area (Å²) in [5.74, 6) is 2.94. The van der Waals surface area contributed by atoms with E-state index in [2.05, 4.69) is 55.4 Å². The van der Waals surface area contributed by atoms with E-state index in [1.165, 1.54) is 24.2 Å². The molecule has 5 heteroatoms. The molecule has 1 aliphatic rings. The number of aryl methyl sites for hydroxylation is 2. The van der Waals surface area contributed by atoms with Gasteiger partial charge < -0.3 is 9.47 Å². The number of nitrogens with zero attached hydrogens (tertiary/aromatic N) is 4. The lowest BCUT2D eigenvalue weighted by molar-refractivity contribution is 0.401. The first kappa shape index (κ1) is 14.6. The molecule has 0 radical (unpaired) electrons. The Balaban J connectivity index is 1.70. The van der Waals surface area contributed by atoms with Crippen LogP contribution >= 0.6 is 15.9 Å². The average molecular weight is 349 g/mol. The Morgan fingerprint density at radius 3 is 2.95 bits per heavy atom. The van der Waals surface area contributed by atoms with E-state index in [4.69, 9.17) is 0 Å². The second-order valence-electron chi connectivity index (χ2n) is 5.90. The standard InChI is InChI=1S/C16H21BrN4/c1-12-8-16(19-10-14(12)17)21-6-3-4-13(11-21)9-15-18-5-7-20(15)2/h5,7-8,10,13H,3-4,6,9,11H2,1-2H3. The summed E-state index contributed by atoms with van der Waals surface area (Å²) >= 11 is 3.52. The molecule has 21 heavy (non-hydrogen) atoms. The van der Waals surface area contributed by atoms with E-state index in [1.54, 1.807) is 0 Å². The van der Waals surface area contributed by atoms with Gasteiger partial charge in [-0.2, -0.15) is 0 Å². The second-order valence-corrected chi connectivity index (χ2v) is 6.76. The molecular weight excluding hydrogens is 328 g/mol. The first-order valence-corrected chi connectivity index (χ1v) is 8.26. The van der Waals surface area contributed by atoms with Crippen molar-refractivity contribution in [3.05, 3.63) is 40.5 Å². The van der Waals surface area contributed by atoms with E-state index in [0.29, 0.717) is 5.92 Å². The van der Waals surface area contributed by atoms with Gasteiger partial charge in [0.25, 0.3) is 0 Å². The third kappa shape index (κ3) is 3.28. The Hall–Kier alpha value is -1.36. The van der Waals surface area contributed by atoms with Gasteiger partial charge in [-0.05, 0) is 53.2 Å². The summed E-state index contributed by atoms with van der Waals surface area (Å²) in [6, 6.07) is 2.17. The summed E-state index contributed by atoms with van der Waals surface area (Å²) in [5, 5.41) is 0. The van der Waals surface area contributed by atoms with Crippen molar-refractivity contribution in [1.29, 1.82) is 0 Å². The molecule has 1 atom stereocenters. The second kappa shape index (κ2) is 6.18. The van der Waals surface area contributed by atoms with Crippen molar-refractivity contribution >= 4 is 21.7 Å². The summed E-state index contributed by atoms with van der Waals surface area (Å²) in [4.78, 5) is 11.4. The smallest absolute Gasteiger partial charge is 0.128 e. The van der Waals surface area contributed by atoms with Crippen LogP contribution in [0.25, 0.3) is 0 Å². The van der Waals surface area contributed by atoms with Crippen LogP contribution in [-0.4, -0.2) is 27.6 Å². The fourth-order valence-electron chi connectivity index (χ4n) is 2.99. The van der Waals surface area contributed by atoms with E-state index in [0.717, 1.165) is 29.8 Å². The first-order chi connectivity index (χ1) is 10.1. The molecule has 0 amide bonds. The molecule has 0 aromatic carbocycles. The fraction of sp³-hybridized carbons (Fsp3) is 0.500. The minimum atomic E-state index is 0.658. The van der Waals surface area contributed by atoms with E-state index in [1.807, 2.05) is 18.6 Å². The Labute approximate surface area is 134 Å². The number of rotatable bonds is 3. The molecule has 112 valence electrons. The molecule has 4 nitrogen and oxygen atoms in total. The van der Waals surface area contributed by atoms with E-state index >= 15 is 0 Å². The lowest BCUT2D eigenvalue weighted by atomic mass is 9.94. The van der Waals surface area contributed by atoms with Gasteiger partial charge in [0, 0.05) is 49.6 Å². The lowest BCUT2D eigenvalue weighted by Gasteiger charge is -2.33. The maximum Gasteiger partial charge on any atom is 0.128 e. The van der Waals surface area contributed by atoms with Crippen molar-refractivity contribution in [2.75, 3.05) is 18.0 Å². The molecule has 1 unspecified atom stereocenters. The largest absolute Gasteiger partial charge is 0.356 e. The maximum atomic E-state index is 4.57. The molecule has 0 N–H and O–H groups in total. The van der Waals surface area contributed by atoms with Crippen LogP contribution in [0.2, 0.25) is 0 Å². The monoisotopic (exact) mass is 348 g/mol. The molecule has 3 heterocycles. The van der Waals surface area contributed by atoms with Crippen LogP contribution in [0.3, 0.4) is 0 Å². The van der Waals surface area contributed by atoms with Gasteiger partial charge in [-0.1, -0.05) is 0 Å². The van der Waals surface area contributed by atoms with Crippen molar-refractivity contribution in [2.45, 2.75) is 26.2 Å². The molecule has 1 fully saturated rings. The fourth-order valence-corrected chi connectivity index (χ4v) is 3.21. The summed E-state index contributed by atoms with van der Waals surface area (Å²) in [6.45, 7) is 4.29. The summed E-state index contributed by atoms with van der Waals surface area (Å²) in [6.07, 6.45) is 9.37. The molecule has 0 spiro atoms. The van der Waals surface area contributed by atoms with E-state index in [-0.39, 0.29) is 0 Å². The molecule has 0 saturated carbocycles. The van der Waals surface area contributed by atoms with Gasteiger partial charge in [0.15, 0.2) is 0 Å². The highest BCUT2D eigenvalue weighted by atomic mass is 79.9. The van der Waals surface area contributed by atoms with Gasteiger partial charge in [0.05, 0.1) is 0 Å². The summed E-state index contributed by atoms with van der Waals surface area (Å²) < 4.78 is 3.20. The molecule has 3 rings (SSSR count).